The monoisotopic (exact) mass is 271 g/mol. The number of rotatable bonds is 4. The van der Waals surface area contributed by atoms with Gasteiger partial charge in [0.15, 0.2) is 0 Å². The zero-order chi connectivity index (χ0) is 14.6. The summed E-state index contributed by atoms with van der Waals surface area (Å²) in [5.74, 6) is 1.58. The van der Waals surface area contributed by atoms with E-state index >= 15 is 0 Å². The van der Waals surface area contributed by atoms with Crippen molar-refractivity contribution < 1.29 is 9.47 Å². The molecular weight excluding hydrogens is 250 g/mol. The minimum Gasteiger partial charge on any atom is -0.455 e. The van der Waals surface area contributed by atoms with Gasteiger partial charge in [-0.15, -0.1) is 0 Å². The number of hydrogen-bond donors (Lipinski definition) is 0. The lowest BCUT2D eigenvalue weighted by molar-refractivity contribution is -0.0150. The Labute approximate surface area is 120 Å². The molecule has 3 nitrogen and oxygen atoms in total. The summed E-state index contributed by atoms with van der Waals surface area (Å²) in [7, 11) is 0. The third-order valence-corrected chi connectivity index (χ3v) is 2.76. The molecule has 0 aliphatic carbocycles. The van der Waals surface area contributed by atoms with E-state index in [0.717, 1.165) is 22.8 Å². The molecule has 0 aliphatic heterocycles. The fourth-order valence-electron chi connectivity index (χ4n) is 1.70. The number of benzene rings is 1. The Morgan fingerprint density at radius 2 is 1.90 bits per heavy atom. The zero-order valence-electron chi connectivity index (χ0n) is 12.5. The number of hydrogen-bond acceptors (Lipinski definition) is 3. The summed E-state index contributed by atoms with van der Waals surface area (Å²) in [6.07, 6.45) is 1.76. The maximum absolute atomic E-state index is 5.86. The van der Waals surface area contributed by atoms with Crippen molar-refractivity contribution in [3.8, 4) is 11.5 Å². The summed E-state index contributed by atoms with van der Waals surface area (Å²) in [6, 6.07) is 11.7. The Kier molecular flexibility index (Phi) is 4.40. The van der Waals surface area contributed by atoms with Crippen LogP contribution >= 0.6 is 0 Å². The Balaban J connectivity index is 2.08. The Morgan fingerprint density at radius 3 is 2.60 bits per heavy atom. The molecule has 0 atom stereocenters. The predicted molar refractivity (Wildman–Crippen MR) is 80.0 cm³/mol. The first kappa shape index (κ1) is 14.5. The van der Waals surface area contributed by atoms with Gasteiger partial charge in [-0.05, 0) is 57.5 Å². The second-order valence-corrected chi connectivity index (χ2v) is 5.74. The van der Waals surface area contributed by atoms with Crippen LogP contribution < -0.4 is 4.74 Å². The van der Waals surface area contributed by atoms with E-state index < -0.39 is 0 Å². The predicted octanol–water partition coefficient (Wildman–Crippen LogP) is 4.50. The first-order valence-electron chi connectivity index (χ1n) is 6.76. The van der Waals surface area contributed by atoms with Crippen LogP contribution in [0.1, 0.15) is 32.0 Å². The van der Waals surface area contributed by atoms with E-state index in [1.165, 1.54) is 0 Å². The SMILES string of the molecule is Cc1ncccc1Oc1cccc(COC(C)(C)C)c1. The van der Waals surface area contributed by atoms with Gasteiger partial charge in [0.05, 0.1) is 17.9 Å². The third-order valence-electron chi connectivity index (χ3n) is 2.76. The van der Waals surface area contributed by atoms with Gasteiger partial charge in [0.25, 0.3) is 0 Å². The van der Waals surface area contributed by atoms with Gasteiger partial charge in [0, 0.05) is 6.20 Å². The van der Waals surface area contributed by atoms with Crippen molar-refractivity contribution >= 4 is 0 Å². The smallest absolute Gasteiger partial charge is 0.148 e. The van der Waals surface area contributed by atoms with Gasteiger partial charge in [-0.2, -0.15) is 0 Å². The molecule has 106 valence electrons. The van der Waals surface area contributed by atoms with Crippen LogP contribution in [0.2, 0.25) is 0 Å². The molecule has 0 aliphatic rings. The van der Waals surface area contributed by atoms with Crippen LogP contribution in [0, 0.1) is 6.92 Å². The summed E-state index contributed by atoms with van der Waals surface area (Å²) in [5, 5.41) is 0. The van der Waals surface area contributed by atoms with Crippen molar-refractivity contribution in [2.24, 2.45) is 0 Å². The average molecular weight is 271 g/mol. The van der Waals surface area contributed by atoms with E-state index in [1.54, 1.807) is 6.20 Å². The quantitative estimate of drug-likeness (QED) is 0.820. The van der Waals surface area contributed by atoms with Crippen molar-refractivity contribution in [1.82, 2.24) is 4.98 Å². The molecule has 1 aromatic heterocycles. The van der Waals surface area contributed by atoms with Crippen molar-refractivity contribution in [3.05, 3.63) is 53.9 Å². The summed E-state index contributed by atoms with van der Waals surface area (Å²) < 4.78 is 11.6. The van der Waals surface area contributed by atoms with Crippen molar-refractivity contribution in [1.29, 1.82) is 0 Å². The lowest BCUT2D eigenvalue weighted by Crippen LogP contribution is -2.18. The highest BCUT2D eigenvalue weighted by Crippen LogP contribution is 2.24. The first-order chi connectivity index (χ1) is 9.44. The van der Waals surface area contributed by atoms with Crippen LogP contribution in [-0.2, 0) is 11.3 Å². The second-order valence-electron chi connectivity index (χ2n) is 5.74. The normalized spacial score (nSPS) is 11.4. The van der Waals surface area contributed by atoms with Gasteiger partial charge in [-0.3, -0.25) is 4.98 Å². The molecule has 2 aromatic rings. The summed E-state index contributed by atoms with van der Waals surface area (Å²) in [4.78, 5) is 4.22. The van der Waals surface area contributed by atoms with Crippen molar-refractivity contribution in [2.75, 3.05) is 0 Å². The number of pyridine rings is 1. The van der Waals surface area contributed by atoms with Crippen LogP contribution in [-0.4, -0.2) is 10.6 Å². The number of aryl methyl sites for hydroxylation is 1. The molecule has 0 saturated heterocycles. The fourth-order valence-corrected chi connectivity index (χ4v) is 1.70. The molecule has 0 radical (unpaired) electrons. The summed E-state index contributed by atoms with van der Waals surface area (Å²) in [5.41, 5.74) is 1.83. The van der Waals surface area contributed by atoms with E-state index in [4.69, 9.17) is 9.47 Å². The van der Waals surface area contributed by atoms with Crippen LogP contribution in [0.4, 0.5) is 0 Å². The molecule has 20 heavy (non-hydrogen) atoms. The Hall–Kier alpha value is -1.87. The molecule has 0 N–H and O–H groups in total. The average Bonchev–Trinajstić information content (AvgIpc) is 2.39. The van der Waals surface area contributed by atoms with Crippen molar-refractivity contribution in [2.45, 2.75) is 39.9 Å². The van der Waals surface area contributed by atoms with Gasteiger partial charge in [-0.25, -0.2) is 0 Å². The minimum absolute atomic E-state index is 0.142. The second kappa shape index (κ2) is 6.06. The highest BCUT2D eigenvalue weighted by molar-refractivity contribution is 5.35. The molecule has 0 amide bonds. The zero-order valence-corrected chi connectivity index (χ0v) is 12.5. The molecule has 0 bridgehead atoms. The van der Waals surface area contributed by atoms with Crippen LogP contribution in [0.5, 0.6) is 11.5 Å². The summed E-state index contributed by atoms with van der Waals surface area (Å²) in [6.45, 7) is 8.65. The molecular formula is C17H21NO2. The lowest BCUT2D eigenvalue weighted by Gasteiger charge is -2.19. The Morgan fingerprint density at radius 1 is 1.10 bits per heavy atom. The fraction of sp³-hybridized carbons (Fsp3) is 0.353. The van der Waals surface area contributed by atoms with Gasteiger partial charge in [0.1, 0.15) is 11.5 Å². The standard InChI is InChI=1S/C17H21NO2/c1-13-16(9-6-10-18-13)20-15-8-5-7-14(11-15)12-19-17(2,3)4/h5-11H,12H2,1-4H3. The molecule has 0 unspecified atom stereocenters. The maximum atomic E-state index is 5.86. The first-order valence-corrected chi connectivity index (χ1v) is 6.76. The molecule has 1 heterocycles. The largest absolute Gasteiger partial charge is 0.455 e. The highest BCUT2D eigenvalue weighted by atomic mass is 16.5. The van der Waals surface area contributed by atoms with E-state index in [0.29, 0.717) is 6.61 Å². The lowest BCUT2D eigenvalue weighted by atomic mass is 10.2. The maximum Gasteiger partial charge on any atom is 0.148 e. The summed E-state index contributed by atoms with van der Waals surface area (Å²) >= 11 is 0. The Bertz CT molecular complexity index is 573. The molecule has 2 rings (SSSR count). The van der Waals surface area contributed by atoms with Crippen LogP contribution in [0.25, 0.3) is 0 Å². The molecule has 3 heteroatoms. The molecule has 0 spiro atoms. The number of nitrogens with zero attached hydrogens (tertiary/aromatic N) is 1. The van der Waals surface area contributed by atoms with Gasteiger partial charge in [0.2, 0.25) is 0 Å². The molecule has 0 saturated carbocycles. The van der Waals surface area contributed by atoms with E-state index in [2.05, 4.69) is 4.98 Å². The van der Waals surface area contributed by atoms with Crippen molar-refractivity contribution in [3.63, 3.8) is 0 Å². The van der Waals surface area contributed by atoms with Gasteiger partial charge >= 0.3 is 0 Å². The highest BCUT2D eigenvalue weighted by Gasteiger charge is 2.10. The van der Waals surface area contributed by atoms with Crippen LogP contribution in [0.15, 0.2) is 42.6 Å². The van der Waals surface area contributed by atoms with E-state index in [1.807, 2.05) is 64.1 Å². The molecule has 1 aromatic carbocycles. The van der Waals surface area contributed by atoms with Crippen LogP contribution in [0.3, 0.4) is 0 Å². The van der Waals surface area contributed by atoms with E-state index in [9.17, 15) is 0 Å². The van der Waals surface area contributed by atoms with Gasteiger partial charge in [-0.1, -0.05) is 12.1 Å². The number of aromatic nitrogens is 1. The topological polar surface area (TPSA) is 31.4 Å². The van der Waals surface area contributed by atoms with E-state index in [-0.39, 0.29) is 5.60 Å². The molecule has 0 fully saturated rings. The number of ether oxygens (including phenoxy) is 2. The minimum atomic E-state index is -0.142. The van der Waals surface area contributed by atoms with Gasteiger partial charge < -0.3 is 9.47 Å². The third kappa shape index (κ3) is 4.35.